The third-order valence-electron chi connectivity index (χ3n) is 5.34. The van der Waals surface area contributed by atoms with Gasteiger partial charge in [-0.1, -0.05) is 45.4 Å². The number of hydrogen-bond donors (Lipinski definition) is 0. The minimum atomic E-state index is 0.598. The largest absolute Gasteiger partial charge is 0.131 e. The molecule has 2 fully saturated rings. The van der Waals surface area contributed by atoms with E-state index in [4.69, 9.17) is 0 Å². The van der Waals surface area contributed by atoms with Crippen LogP contribution in [0.3, 0.4) is 0 Å². The number of rotatable bonds is 3. The fourth-order valence-electron chi connectivity index (χ4n) is 4.19. The topological polar surface area (TPSA) is 0 Å². The average Bonchev–Trinajstić information content (AvgIpc) is 2.40. The molecule has 2 aliphatic rings. The monoisotopic (exact) mass is 240 g/mol. The second kappa shape index (κ2) is 5.85. The van der Waals surface area contributed by atoms with Crippen LogP contribution in [0.2, 0.25) is 0 Å². The van der Waals surface area contributed by atoms with Gasteiger partial charge in [-0.2, -0.15) is 0 Å². The van der Waals surface area contributed by atoms with Gasteiger partial charge in [-0.3, -0.25) is 0 Å². The molecule has 0 N–H and O–H groups in total. The van der Waals surface area contributed by atoms with Crippen molar-refractivity contribution in [2.75, 3.05) is 0 Å². The highest BCUT2D eigenvalue weighted by Gasteiger charge is 2.40. The fraction of sp³-hybridized carbons (Fsp3) is 1.00. The lowest BCUT2D eigenvalue weighted by Gasteiger charge is -2.46. The molecule has 0 aromatic carbocycles. The van der Waals surface area contributed by atoms with E-state index in [0.29, 0.717) is 5.16 Å². The Labute approximate surface area is 104 Å². The van der Waals surface area contributed by atoms with Crippen molar-refractivity contribution >= 4 is 9.24 Å². The Kier molecular flexibility index (Phi) is 4.71. The Bertz CT molecular complexity index is 181. The molecule has 0 nitrogen and oxygen atoms in total. The van der Waals surface area contributed by atoms with Crippen LogP contribution in [0.25, 0.3) is 0 Å². The van der Waals surface area contributed by atoms with Crippen molar-refractivity contribution in [2.45, 2.75) is 82.7 Å². The summed E-state index contributed by atoms with van der Waals surface area (Å²) in [7, 11) is 3.33. The van der Waals surface area contributed by atoms with Crippen LogP contribution in [0.4, 0.5) is 0 Å². The summed E-state index contributed by atoms with van der Waals surface area (Å²) in [6, 6.07) is 0. The third-order valence-corrected chi connectivity index (χ3v) is 6.69. The van der Waals surface area contributed by atoms with E-state index in [0.717, 1.165) is 11.8 Å². The van der Waals surface area contributed by atoms with E-state index in [9.17, 15) is 0 Å². The van der Waals surface area contributed by atoms with Crippen LogP contribution < -0.4 is 0 Å². The van der Waals surface area contributed by atoms with Crippen LogP contribution in [0.15, 0.2) is 0 Å². The molecule has 2 saturated carbocycles. The standard InChI is InChI=1S/C15H29P/c1-2-15(16,13-9-5-3-6-10-13)14-11-7-4-8-12-14/h13-14H,2-12,16H2,1H3. The van der Waals surface area contributed by atoms with E-state index < -0.39 is 0 Å². The molecule has 94 valence electrons. The molecular formula is C15H29P. The highest BCUT2D eigenvalue weighted by atomic mass is 31.0. The van der Waals surface area contributed by atoms with Gasteiger partial charge >= 0.3 is 0 Å². The second-order valence-corrected chi connectivity index (χ2v) is 7.21. The predicted molar refractivity (Wildman–Crippen MR) is 75.9 cm³/mol. The molecule has 2 rings (SSSR count). The molecule has 0 aromatic rings. The van der Waals surface area contributed by atoms with Gasteiger partial charge in [-0.25, -0.2) is 0 Å². The van der Waals surface area contributed by atoms with Crippen molar-refractivity contribution < 1.29 is 0 Å². The Morgan fingerprint density at radius 1 is 0.812 bits per heavy atom. The van der Waals surface area contributed by atoms with Crippen LogP contribution in [0.1, 0.15) is 77.6 Å². The Morgan fingerprint density at radius 3 is 1.50 bits per heavy atom. The molecule has 0 radical (unpaired) electrons. The Balaban J connectivity index is 2.03. The first kappa shape index (κ1) is 12.9. The highest BCUT2D eigenvalue weighted by molar-refractivity contribution is 7.19. The summed E-state index contributed by atoms with van der Waals surface area (Å²) in [4.78, 5) is 0. The average molecular weight is 240 g/mol. The molecule has 1 atom stereocenters. The molecule has 16 heavy (non-hydrogen) atoms. The molecule has 0 bridgehead atoms. The van der Waals surface area contributed by atoms with Crippen LogP contribution in [0, 0.1) is 11.8 Å². The predicted octanol–water partition coefficient (Wildman–Crippen LogP) is 5.17. The Morgan fingerprint density at radius 2 is 1.19 bits per heavy atom. The summed E-state index contributed by atoms with van der Waals surface area (Å²) < 4.78 is 0. The van der Waals surface area contributed by atoms with Crippen molar-refractivity contribution in [3.05, 3.63) is 0 Å². The fourth-order valence-corrected chi connectivity index (χ4v) is 4.86. The second-order valence-electron chi connectivity index (χ2n) is 6.14. The smallest absolute Gasteiger partial charge is 0.00965 e. The van der Waals surface area contributed by atoms with Crippen molar-refractivity contribution in [1.29, 1.82) is 0 Å². The van der Waals surface area contributed by atoms with E-state index in [-0.39, 0.29) is 0 Å². The van der Waals surface area contributed by atoms with Gasteiger partial charge in [-0.05, 0) is 49.1 Å². The maximum atomic E-state index is 3.33. The highest BCUT2D eigenvalue weighted by Crippen LogP contribution is 2.50. The maximum Gasteiger partial charge on any atom is -0.00965 e. The molecule has 1 unspecified atom stereocenters. The molecule has 0 aliphatic heterocycles. The summed E-state index contributed by atoms with van der Waals surface area (Å²) in [5.41, 5.74) is 0. The van der Waals surface area contributed by atoms with Crippen molar-refractivity contribution in [3.63, 3.8) is 0 Å². The zero-order valence-corrected chi connectivity index (χ0v) is 12.2. The molecule has 0 spiro atoms. The summed E-state index contributed by atoms with van der Waals surface area (Å²) >= 11 is 0. The van der Waals surface area contributed by atoms with Gasteiger partial charge < -0.3 is 0 Å². The van der Waals surface area contributed by atoms with Crippen molar-refractivity contribution in [1.82, 2.24) is 0 Å². The van der Waals surface area contributed by atoms with Crippen LogP contribution in [0.5, 0.6) is 0 Å². The van der Waals surface area contributed by atoms with Crippen molar-refractivity contribution in [3.8, 4) is 0 Å². The molecule has 2 aliphatic carbocycles. The van der Waals surface area contributed by atoms with Gasteiger partial charge in [0.2, 0.25) is 0 Å². The SMILES string of the molecule is CCC(P)(C1CCCCC1)C1CCCCC1. The van der Waals surface area contributed by atoms with E-state index >= 15 is 0 Å². The summed E-state index contributed by atoms with van der Waals surface area (Å²) in [5.74, 6) is 2.03. The lowest BCUT2D eigenvalue weighted by Crippen LogP contribution is -2.40. The van der Waals surface area contributed by atoms with Crippen LogP contribution in [-0.2, 0) is 0 Å². The normalized spacial score (nSPS) is 25.9. The summed E-state index contributed by atoms with van der Waals surface area (Å²) in [5, 5.41) is 0.598. The van der Waals surface area contributed by atoms with E-state index in [1.165, 1.54) is 70.6 Å². The molecule has 0 aromatic heterocycles. The first-order valence-electron chi connectivity index (χ1n) is 7.56. The minimum absolute atomic E-state index is 0.598. The van der Waals surface area contributed by atoms with Gasteiger partial charge in [0.15, 0.2) is 0 Å². The van der Waals surface area contributed by atoms with Gasteiger partial charge in [0.1, 0.15) is 0 Å². The zero-order valence-electron chi connectivity index (χ0n) is 11.0. The van der Waals surface area contributed by atoms with E-state index in [1.807, 2.05) is 0 Å². The molecule has 0 amide bonds. The summed E-state index contributed by atoms with van der Waals surface area (Å²) in [6.45, 7) is 2.43. The zero-order chi connectivity index (χ0) is 11.4. The lowest BCUT2D eigenvalue weighted by molar-refractivity contribution is 0.170. The first-order chi connectivity index (χ1) is 7.77. The molecule has 0 saturated heterocycles. The Hall–Kier alpha value is 0.430. The maximum absolute atomic E-state index is 3.33. The van der Waals surface area contributed by atoms with Crippen LogP contribution in [-0.4, -0.2) is 5.16 Å². The minimum Gasteiger partial charge on any atom is -0.131 e. The lowest BCUT2D eigenvalue weighted by atomic mass is 9.68. The molecule has 0 heterocycles. The van der Waals surface area contributed by atoms with Crippen LogP contribution >= 0.6 is 9.24 Å². The van der Waals surface area contributed by atoms with E-state index in [1.54, 1.807) is 0 Å². The number of hydrogen-bond acceptors (Lipinski definition) is 0. The first-order valence-corrected chi connectivity index (χ1v) is 8.14. The van der Waals surface area contributed by atoms with E-state index in [2.05, 4.69) is 16.2 Å². The molecular weight excluding hydrogens is 211 g/mol. The van der Waals surface area contributed by atoms with Gasteiger partial charge in [-0.15, -0.1) is 9.24 Å². The molecule has 1 heteroatoms. The van der Waals surface area contributed by atoms with Gasteiger partial charge in [0, 0.05) is 0 Å². The van der Waals surface area contributed by atoms with Gasteiger partial charge in [0.05, 0.1) is 0 Å². The summed E-state index contributed by atoms with van der Waals surface area (Å²) in [6.07, 6.45) is 16.4. The van der Waals surface area contributed by atoms with Crippen molar-refractivity contribution in [2.24, 2.45) is 11.8 Å². The van der Waals surface area contributed by atoms with Gasteiger partial charge in [0.25, 0.3) is 0 Å². The third kappa shape index (κ3) is 2.63. The quantitative estimate of drug-likeness (QED) is 0.597.